The van der Waals surface area contributed by atoms with Gasteiger partial charge < -0.3 is 9.67 Å². The van der Waals surface area contributed by atoms with Gasteiger partial charge in [-0.1, -0.05) is 0 Å². The second kappa shape index (κ2) is 3.20. The molecule has 1 aliphatic carbocycles. The van der Waals surface area contributed by atoms with Crippen molar-refractivity contribution < 1.29 is 9.90 Å². The third-order valence-corrected chi connectivity index (χ3v) is 2.79. The average molecular weight is 194 g/mol. The summed E-state index contributed by atoms with van der Waals surface area (Å²) in [6.07, 6.45) is 6.22. The Morgan fingerprint density at radius 3 is 2.71 bits per heavy atom. The van der Waals surface area contributed by atoms with Crippen molar-refractivity contribution >= 4 is 5.78 Å². The number of nitrogens with zero attached hydrogens (tertiary/aromatic N) is 2. The number of aromatic nitrogens is 2. The molecular formula is C10H14N2O2. The summed E-state index contributed by atoms with van der Waals surface area (Å²) in [6.45, 7) is 0. The highest BCUT2D eigenvalue weighted by atomic mass is 16.3. The lowest BCUT2D eigenvalue weighted by Crippen LogP contribution is -2.35. The zero-order valence-corrected chi connectivity index (χ0v) is 8.23. The van der Waals surface area contributed by atoms with Crippen LogP contribution in [0.4, 0.5) is 0 Å². The third kappa shape index (κ3) is 1.46. The van der Waals surface area contributed by atoms with Crippen LogP contribution in [0.25, 0.3) is 0 Å². The molecule has 0 saturated heterocycles. The second-order valence-corrected chi connectivity index (χ2v) is 3.99. The summed E-state index contributed by atoms with van der Waals surface area (Å²) >= 11 is 0. The Balaban J connectivity index is 2.23. The molecule has 14 heavy (non-hydrogen) atoms. The molecule has 1 fully saturated rings. The average Bonchev–Trinajstić information content (AvgIpc) is 2.74. The van der Waals surface area contributed by atoms with Crippen molar-refractivity contribution in [3.8, 4) is 0 Å². The SMILES string of the molecule is Cn1cnc(C(=O)C2(O)CCCC2)c1. The highest BCUT2D eigenvalue weighted by Gasteiger charge is 2.40. The van der Waals surface area contributed by atoms with Gasteiger partial charge in [-0.15, -0.1) is 0 Å². The van der Waals surface area contributed by atoms with Gasteiger partial charge >= 0.3 is 0 Å². The molecule has 76 valence electrons. The molecule has 4 nitrogen and oxygen atoms in total. The minimum atomic E-state index is -1.14. The number of hydrogen-bond acceptors (Lipinski definition) is 3. The lowest BCUT2D eigenvalue weighted by molar-refractivity contribution is 0.0348. The molecule has 1 aromatic heterocycles. The Labute approximate surface area is 82.6 Å². The Morgan fingerprint density at radius 1 is 1.57 bits per heavy atom. The quantitative estimate of drug-likeness (QED) is 0.712. The van der Waals surface area contributed by atoms with Crippen LogP contribution in [0.5, 0.6) is 0 Å². The van der Waals surface area contributed by atoms with Crippen LogP contribution in [0.15, 0.2) is 12.5 Å². The Morgan fingerprint density at radius 2 is 2.21 bits per heavy atom. The largest absolute Gasteiger partial charge is 0.382 e. The maximum Gasteiger partial charge on any atom is 0.214 e. The van der Waals surface area contributed by atoms with E-state index < -0.39 is 5.60 Å². The van der Waals surface area contributed by atoms with Crippen LogP contribution in [0.3, 0.4) is 0 Å². The molecule has 1 aliphatic rings. The second-order valence-electron chi connectivity index (χ2n) is 3.99. The summed E-state index contributed by atoms with van der Waals surface area (Å²) in [5.41, 5.74) is -0.772. The van der Waals surface area contributed by atoms with Crippen molar-refractivity contribution in [3.63, 3.8) is 0 Å². The van der Waals surface area contributed by atoms with Gasteiger partial charge in [-0.25, -0.2) is 4.98 Å². The van der Waals surface area contributed by atoms with E-state index in [1.165, 1.54) is 0 Å². The van der Waals surface area contributed by atoms with E-state index in [9.17, 15) is 9.90 Å². The topological polar surface area (TPSA) is 55.1 Å². The van der Waals surface area contributed by atoms with Gasteiger partial charge in [-0.2, -0.15) is 0 Å². The molecule has 1 heterocycles. The molecule has 0 unspecified atom stereocenters. The van der Waals surface area contributed by atoms with Crippen molar-refractivity contribution in [3.05, 3.63) is 18.2 Å². The van der Waals surface area contributed by atoms with Crippen LogP contribution in [0.2, 0.25) is 0 Å². The molecular weight excluding hydrogens is 180 g/mol. The van der Waals surface area contributed by atoms with Crippen LogP contribution < -0.4 is 0 Å². The number of Topliss-reactive ketones (excluding diaryl/α,β-unsaturated/α-hetero) is 1. The fourth-order valence-electron chi connectivity index (χ4n) is 1.96. The van der Waals surface area contributed by atoms with Gasteiger partial charge in [-0.05, 0) is 25.7 Å². The van der Waals surface area contributed by atoms with Gasteiger partial charge in [0, 0.05) is 13.2 Å². The minimum Gasteiger partial charge on any atom is -0.382 e. The lowest BCUT2D eigenvalue weighted by atomic mass is 9.95. The third-order valence-electron chi connectivity index (χ3n) is 2.79. The molecule has 0 amide bonds. The van der Waals surface area contributed by atoms with E-state index in [0.29, 0.717) is 18.5 Å². The van der Waals surface area contributed by atoms with Crippen molar-refractivity contribution in [1.29, 1.82) is 0 Å². The van der Waals surface area contributed by atoms with Crippen molar-refractivity contribution in [1.82, 2.24) is 9.55 Å². The van der Waals surface area contributed by atoms with E-state index in [1.54, 1.807) is 17.1 Å². The number of aliphatic hydroxyl groups is 1. The predicted molar refractivity (Wildman–Crippen MR) is 51.0 cm³/mol. The maximum atomic E-state index is 11.9. The first-order chi connectivity index (χ1) is 6.62. The van der Waals surface area contributed by atoms with E-state index in [4.69, 9.17) is 0 Å². The fraction of sp³-hybridized carbons (Fsp3) is 0.600. The van der Waals surface area contributed by atoms with Crippen LogP contribution >= 0.6 is 0 Å². The minimum absolute atomic E-state index is 0.226. The zero-order valence-electron chi connectivity index (χ0n) is 8.23. The van der Waals surface area contributed by atoms with E-state index >= 15 is 0 Å². The number of imidazole rings is 1. The standard InChI is InChI=1S/C10H14N2O2/c1-12-6-8(11-7-12)9(13)10(14)4-2-3-5-10/h6-7,14H,2-5H2,1H3. The highest BCUT2D eigenvalue weighted by Crippen LogP contribution is 2.31. The molecule has 0 aromatic carbocycles. The highest BCUT2D eigenvalue weighted by molar-refractivity contribution is 6.00. The molecule has 0 atom stereocenters. The van der Waals surface area contributed by atoms with Crippen LogP contribution in [-0.2, 0) is 7.05 Å². The van der Waals surface area contributed by atoms with E-state index in [0.717, 1.165) is 12.8 Å². The molecule has 1 aromatic rings. The first-order valence-electron chi connectivity index (χ1n) is 4.87. The van der Waals surface area contributed by atoms with E-state index in [-0.39, 0.29) is 5.78 Å². The maximum absolute atomic E-state index is 11.9. The van der Waals surface area contributed by atoms with Gasteiger partial charge in [0.2, 0.25) is 5.78 Å². The van der Waals surface area contributed by atoms with Crippen molar-refractivity contribution in [2.24, 2.45) is 7.05 Å². The Kier molecular flexibility index (Phi) is 2.15. The van der Waals surface area contributed by atoms with Crippen LogP contribution in [0, 0.1) is 0 Å². The molecule has 4 heteroatoms. The first kappa shape index (κ1) is 9.40. The Hall–Kier alpha value is -1.16. The summed E-state index contributed by atoms with van der Waals surface area (Å²) in [5.74, 6) is -0.226. The molecule has 0 spiro atoms. The molecule has 0 aliphatic heterocycles. The van der Waals surface area contributed by atoms with E-state index in [1.807, 2.05) is 7.05 Å². The van der Waals surface area contributed by atoms with Crippen LogP contribution in [0.1, 0.15) is 36.2 Å². The molecule has 0 bridgehead atoms. The summed E-state index contributed by atoms with van der Waals surface area (Å²) in [5, 5.41) is 10.0. The summed E-state index contributed by atoms with van der Waals surface area (Å²) in [7, 11) is 1.81. The monoisotopic (exact) mass is 194 g/mol. The first-order valence-corrected chi connectivity index (χ1v) is 4.87. The number of ketones is 1. The van der Waals surface area contributed by atoms with Gasteiger partial charge in [0.1, 0.15) is 11.3 Å². The Bertz CT molecular complexity index is 351. The van der Waals surface area contributed by atoms with Gasteiger partial charge in [0.25, 0.3) is 0 Å². The van der Waals surface area contributed by atoms with Crippen molar-refractivity contribution in [2.45, 2.75) is 31.3 Å². The predicted octanol–water partition coefficient (Wildman–Crippen LogP) is 0.908. The van der Waals surface area contributed by atoms with Gasteiger partial charge in [-0.3, -0.25) is 4.79 Å². The summed E-state index contributed by atoms with van der Waals surface area (Å²) < 4.78 is 1.71. The molecule has 2 rings (SSSR count). The number of carbonyl (C=O) groups excluding carboxylic acids is 1. The van der Waals surface area contributed by atoms with Gasteiger partial charge in [0.05, 0.1) is 6.33 Å². The zero-order chi connectivity index (χ0) is 10.2. The fourth-order valence-corrected chi connectivity index (χ4v) is 1.96. The lowest BCUT2D eigenvalue weighted by Gasteiger charge is -2.18. The van der Waals surface area contributed by atoms with E-state index in [2.05, 4.69) is 4.98 Å². The molecule has 0 radical (unpaired) electrons. The van der Waals surface area contributed by atoms with Gasteiger partial charge in [0.15, 0.2) is 0 Å². The normalized spacial score (nSPS) is 19.9. The molecule has 1 saturated carbocycles. The smallest absolute Gasteiger partial charge is 0.214 e. The van der Waals surface area contributed by atoms with Crippen LogP contribution in [-0.4, -0.2) is 26.0 Å². The number of rotatable bonds is 2. The number of aryl methyl sites for hydroxylation is 1. The van der Waals surface area contributed by atoms with Crippen molar-refractivity contribution in [2.75, 3.05) is 0 Å². The number of hydrogen-bond donors (Lipinski definition) is 1. The molecule has 1 N–H and O–H groups in total. The number of carbonyl (C=O) groups is 1. The summed E-state index contributed by atoms with van der Waals surface area (Å²) in [6, 6.07) is 0. The summed E-state index contributed by atoms with van der Waals surface area (Å²) in [4.78, 5) is 15.8.